The van der Waals surface area contributed by atoms with Crippen LogP contribution in [-0.4, -0.2) is 62.4 Å². The van der Waals surface area contributed by atoms with Crippen molar-refractivity contribution in [1.29, 1.82) is 0 Å². The first-order valence-electron chi connectivity index (χ1n) is 11.6. The molecule has 0 aliphatic heterocycles. The van der Waals surface area contributed by atoms with E-state index in [1.165, 1.54) is 20.1 Å². The number of hydrogen-bond donors (Lipinski definition) is 1. The first kappa shape index (κ1) is 30.0. The van der Waals surface area contributed by atoms with E-state index in [4.69, 9.17) is 14.2 Å². The largest absolute Gasteiger partial charge is 0.494 e. The number of carbonyl (C=O) groups excluding carboxylic acids is 1. The summed E-state index contributed by atoms with van der Waals surface area (Å²) in [5.41, 5.74) is -1.61. The van der Waals surface area contributed by atoms with Crippen LogP contribution in [-0.2, 0) is 14.3 Å². The molecule has 1 N–H and O–H groups in total. The van der Waals surface area contributed by atoms with Crippen molar-refractivity contribution >= 4 is 40.0 Å². The van der Waals surface area contributed by atoms with E-state index in [2.05, 4.69) is 15.5 Å². The van der Waals surface area contributed by atoms with Crippen molar-refractivity contribution in [1.82, 2.24) is 0 Å². The lowest BCUT2D eigenvalue weighted by molar-refractivity contribution is -0.395. The van der Waals surface area contributed by atoms with E-state index in [0.29, 0.717) is 63.1 Å². The maximum Gasteiger partial charge on any atom is 0.311 e. The predicted octanol–water partition coefficient (Wildman–Crippen LogP) is 4.90. The molecule has 1 amide bonds. The number of halogens is 1. The molecule has 0 aromatic heterocycles. The molecule has 15 heteroatoms. The van der Waals surface area contributed by atoms with E-state index in [0.717, 1.165) is 0 Å². The Kier molecular flexibility index (Phi) is 11.4. The number of nitro groups is 2. The van der Waals surface area contributed by atoms with Crippen LogP contribution in [0.5, 0.6) is 5.75 Å². The molecule has 2 aromatic rings. The minimum atomic E-state index is -1.32. The molecule has 0 heterocycles. The second-order valence-corrected chi connectivity index (χ2v) is 7.61. The molecule has 2 aromatic carbocycles. The first-order valence-corrected chi connectivity index (χ1v) is 11.6. The number of azo groups is 1. The first-order chi connectivity index (χ1) is 18.1. The van der Waals surface area contributed by atoms with Crippen LogP contribution in [0.2, 0.25) is 0 Å². The molecule has 0 radical (unpaired) electrons. The second-order valence-electron chi connectivity index (χ2n) is 7.61. The maximum atomic E-state index is 14.2. The normalized spacial score (nSPS) is 11.0. The zero-order chi connectivity index (χ0) is 28.2. The number of carbonyl (C=O) groups is 1. The van der Waals surface area contributed by atoms with Crippen LogP contribution in [0.3, 0.4) is 0 Å². The summed E-state index contributed by atoms with van der Waals surface area (Å²) >= 11 is 0. The zero-order valence-electron chi connectivity index (χ0n) is 21.4. The minimum absolute atomic E-state index is 0.0448. The van der Waals surface area contributed by atoms with E-state index >= 15 is 0 Å². The molecule has 2 rings (SSSR count). The van der Waals surface area contributed by atoms with Gasteiger partial charge in [0.2, 0.25) is 11.7 Å². The lowest BCUT2D eigenvalue weighted by atomic mass is 10.2. The molecular weight excluding hydrogens is 507 g/mol. The van der Waals surface area contributed by atoms with Crippen molar-refractivity contribution in [2.45, 2.75) is 20.8 Å². The van der Waals surface area contributed by atoms with Crippen LogP contribution in [0, 0.1) is 26.0 Å². The highest BCUT2D eigenvalue weighted by atomic mass is 19.1. The highest BCUT2D eigenvalue weighted by molar-refractivity contribution is 5.93. The third-order valence-corrected chi connectivity index (χ3v) is 5.07. The number of nitro benzene ring substituents is 2. The van der Waals surface area contributed by atoms with Gasteiger partial charge in [-0.1, -0.05) is 0 Å². The quantitative estimate of drug-likeness (QED) is 0.144. The fourth-order valence-corrected chi connectivity index (χ4v) is 3.35. The molecule has 0 aliphatic rings. The van der Waals surface area contributed by atoms with Crippen molar-refractivity contribution in [2.24, 2.45) is 10.2 Å². The second kappa shape index (κ2) is 14.5. The van der Waals surface area contributed by atoms with Crippen molar-refractivity contribution in [3.05, 3.63) is 50.3 Å². The number of anilines is 2. The van der Waals surface area contributed by atoms with Gasteiger partial charge in [0.1, 0.15) is 11.4 Å². The lowest BCUT2D eigenvalue weighted by Gasteiger charge is -2.27. The Labute approximate surface area is 217 Å². The number of ether oxygens (including phenoxy) is 3. The van der Waals surface area contributed by atoms with Gasteiger partial charge in [0, 0.05) is 45.4 Å². The van der Waals surface area contributed by atoms with Gasteiger partial charge in [0.05, 0.1) is 47.6 Å². The third-order valence-electron chi connectivity index (χ3n) is 5.07. The SMILES string of the molecule is CCOCCN(CCOCC)c1cc(NC(C)=O)c(/N=N/c2cc(F)c([N+](=O)[O-])cc2[N+](=O)[O-])cc1OC. The van der Waals surface area contributed by atoms with Gasteiger partial charge in [0.15, 0.2) is 5.69 Å². The molecule has 38 heavy (non-hydrogen) atoms. The van der Waals surface area contributed by atoms with Crippen molar-refractivity contribution in [3.8, 4) is 5.75 Å². The van der Waals surface area contributed by atoms with Crippen molar-refractivity contribution in [3.63, 3.8) is 0 Å². The van der Waals surface area contributed by atoms with E-state index in [-0.39, 0.29) is 11.4 Å². The predicted molar refractivity (Wildman–Crippen MR) is 136 cm³/mol. The number of benzene rings is 2. The molecule has 0 saturated carbocycles. The van der Waals surface area contributed by atoms with Gasteiger partial charge in [-0.3, -0.25) is 25.0 Å². The summed E-state index contributed by atoms with van der Waals surface area (Å²) in [5.74, 6) is -1.41. The maximum absolute atomic E-state index is 14.2. The Balaban J connectivity index is 2.59. The van der Waals surface area contributed by atoms with Gasteiger partial charge in [-0.2, -0.15) is 4.39 Å². The molecule has 206 valence electrons. The van der Waals surface area contributed by atoms with Gasteiger partial charge in [-0.25, -0.2) is 0 Å². The monoisotopic (exact) mass is 536 g/mol. The molecule has 0 unspecified atom stereocenters. The summed E-state index contributed by atoms with van der Waals surface area (Å²) in [5, 5.41) is 32.8. The summed E-state index contributed by atoms with van der Waals surface area (Å²) in [6.45, 7) is 7.88. The third kappa shape index (κ3) is 8.14. The van der Waals surface area contributed by atoms with Crippen LogP contribution >= 0.6 is 0 Å². The number of rotatable bonds is 15. The molecule has 0 bridgehead atoms. The van der Waals surface area contributed by atoms with Crippen LogP contribution in [0.25, 0.3) is 0 Å². The molecule has 14 nitrogen and oxygen atoms in total. The summed E-state index contributed by atoms with van der Waals surface area (Å²) in [4.78, 5) is 34.2. The highest BCUT2D eigenvalue weighted by Crippen LogP contribution is 2.41. The molecule has 0 spiro atoms. The van der Waals surface area contributed by atoms with Crippen LogP contribution in [0.1, 0.15) is 20.8 Å². The van der Waals surface area contributed by atoms with E-state index < -0.39 is 38.6 Å². The Morgan fingerprint density at radius 2 is 1.55 bits per heavy atom. The fraction of sp³-hybridized carbons (Fsp3) is 0.435. The van der Waals surface area contributed by atoms with E-state index in [1.807, 2.05) is 18.7 Å². The van der Waals surface area contributed by atoms with Gasteiger partial charge >= 0.3 is 11.4 Å². The fourth-order valence-electron chi connectivity index (χ4n) is 3.35. The molecule has 0 saturated heterocycles. The average Bonchev–Trinajstić information content (AvgIpc) is 2.86. The summed E-state index contributed by atoms with van der Waals surface area (Å²) in [6, 6.07) is 4.06. The Bertz CT molecular complexity index is 1180. The summed E-state index contributed by atoms with van der Waals surface area (Å²) < 4.78 is 30.7. The summed E-state index contributed by atoms with van der Waals surface area (Å²) in [6.07, 6.45) is 0. The minimum Gasteiger partial charge on any atom is -0.494 e. The Morgan fingerprint density at radius 1 is 0.974 bits per heavy atom. The van der Waals surface area contributed by atoms with Crippen molar-refractivity contribution < 1.29 is 33.2 Å². The van der Waals surface area contributed by atoms with Gasteiger partial charge < -0.3 is 24.4 Å². The zero-order valence-corrected chi connectivity index (χ0v) is 21.4. The molecule has 0 fully saturated rings. The topological polar surface area (TPSA) is 171 Å². The van der Waals surface area contributed by atoms with E-state index in [1.54, 1.807) is 6.07 Å². The van der Waals surface area contributed by atoms with E-state index in [9.17, 15) is 29.4 Å². The van der Waals surface area contributed by atoms with Crippen LogP contribution < -0.4 is 15.0 Å². The number of amides is 1. The lowest BCUT2D eigenvalue weighted by Crippen LogP contribution is -2.31. The number of hydrogen-bond acceptors (Lipinski definition) is 11. The molecule has 0 aliphatic carbocycles. The van der Waals surface area contributed by atoms with Gasteiger partial charge in [0.25, 0.3) is 0 Å². The number of methoxy groups -OCH3 is 1. The average molecular weight is 537 g/mol. The van der Waals surface area contributed by atoms with Gasteiger partial charge in [-0.15, -0.1) is 10.2 Å². The van der Waals surface area contributed by atoms with Crippen LogP contribution in [0.15, 0.2) is 34.5 Å². The molecule has 0 atom stereocenters. The van der Waals surface area contributed by atoms with Gasteiger partial charge in [-0.05, 0) is 19.9 Å². The smallest absolute Gasteiger partial charge is 0.311 e. The Morgan fingerprint density at radius 3 is 2.05 bits per heavy atom. The summed E-state index contributed by atoms with van der Waals surface area (Å²) in [7, 11) is 1.43. The highest BCUT2D eigenvalue weighted by Gasteiger charge is 2.25. The molecular formula is C23H29FN6O8. The number of nitrogens with one attached hydrogen (secondary N) is 1. The van der Waals surface area contributed by atoms with Crippen LogP contribution in [0.4, 0.5) is 38.5 Å². The van der Waals surface area contributed by atoms with Crippen molar-refractivity contribution in [2.75, 3.05) is 56.8 Å². The number of nitrogens with zero attached hydrogens (tertiary/aromatic N) is 5. The Hall–Kier alpha value is -4.24. The standard InChI is InChI=1S/C23H29FN6O8/c1-5-37-9-7-28(8-10-38-6-2)22-12-17(25-15(3)31)18(13-23(22)36-4)26-27-19-11-16(24)20(29(32)33)14-21(19)30(34)35/h11-14H,5-10H2,1-4H3,(H,25,31)/b27-26+.